The van der Waals surface area contributed by atoms with Crippen molar-refractivity contribution in [2.75, 3.05) is 23.8 Å². The first-order valence-electron chi connectivity index (χ1n) is 6.93. The molecule has 1 aromatic heterocycles. The van der Waals surface area contributed by atoms with Crippen molar-refractivity contribution in [1.82, 2.24) is 4.98 Å². The van der Waals surface area contributed by atoms with Crippen LogP contribution in [0.2, 0.25) is 10.0 Å². The SMILES string of the molecule is CCCNc1nc(N(C)c2cccc(C)c2)c(Cl)cc1Cl. The van der Waals surface area contributed by atoms with Gasteiger partial charge in [0.2, 0.25) is 0 Å². The van der Waals surface area contributed by atoms with Crippen LogP contribution in [-0.2, 0) is 0 Å². The molecule has 0 spiro atoms. The predicted octanol–water partition coefficient (Wildman–Crippen LogP) is 5.29. The Bertz CT molecular complexity index is 629. The average Bonchev–Trinajstić information content (AvgIpc) is 2.46. The van der Waals surface area contributed by atoms with E-state index in [0.717, 1.165) is 18.7 Å². The molecule has 0 saturated carbocycles. The van der Waals surface area contributed by atoms with Crippen LogP contribution in [0.4, 0.5) is 17.3 Å². The summed E-state index contributed by atoms with van der Waals surface area (Å²) in [4.78, 5) is 6.53. The van der Waals surface area contributed by atoms with Crippen molar-refractivity contribution in [2.45, 2.75) is 20.3 Å². The monoisotopic (exact) mass is 323 g/mol. The number of nitrogens with zero attached hydrogens (tertiary/aromatic N) is 2. The molecule has 112 valence electrons. The van der Waals surface area contributed by atoms with E-state index < -0.39 is 0 Å². The molecule has 5 heteroatoms. The maximum Gasteiger partial charge on any atom is 0.154 e. The third kappa shape index (κ3) is 3.80. The quantitative estimate of drug-likeness (QED) is 0.810. The van der Waals surface area contributed by atoms with Crippen LogP contribution in [0.1, 0.15) is 18.9 Å². The smallest absolute Gasteiger partial charge is 0.154 e. The molecule has 0 radical (unpaired) electrons. The zero-order valence-electron chi connectivity index (χ0n) is 12.5. The Morgan fingerprint density at radius 2 is 1.95 bits per heavy atom. The number of pyridine rings is 1. The van der Waals surface area contributed by atoms with Gasteiger partial charge >= 0.3 is 0 Å². The van der Waals surface area contributed by atoms with Crippen LogP contribution in [0.3, 0.4) is 0 Å². The molecule has 0 bridgehead atoms. The topological polar surface area (TPSA) is 28.2 Å². The van der Waals surface area contributed by atoms with Gasteiger partial charge < -0.3 is 10.2 Å². The summed E-state index contributed by atoms with van der Waals surface area (Å²) in [5, 5.41) is 4.29. The minimum Gasteiger partial charge on any atom is -0.369 e. The molecular formula is C16H19Cl2N3. The van der Waals surface area contributed by atoms with Gasteiger partial charge in [-0.25, -0.2) is 4.98 Å². The summed E-state index contributed by atoms with van der Waals surface area (Å²) in [6.07, 6.45) is 1.00. The molecule has 0 atom stereocenters. The highest BCUT2D eigenvalue weighted by atomic mass is 35.5. The van der Waals surface area contributed by atoms with Gasteiger partial charge in [-0.05, 0) is 37.1 Å². The second-order valence-electron chi connectivity index (χ2n) is 4.95. The molecule has 0 aliphatic rings. The van der Waals surface area contributed by atoms with Gasteiger partial charge in [-0.3, -0.25) is 0 Å². The summed E-state index contributed by atoms with van der Waals surface area (Å²) in [6, 6.07) is 9.92. The van der Waals surface area contributed by atoms with E-state index in [1.165, 1.54) is 5.56 Å². The van der Waals surface area contributed by atoms with Gasteiger partial charge in [0.25, 0.3) is 0 Å². The summed E-state index contributed by atoms with van der Waals surface area (Å²) in [5.74, 6) is 1.35. The van der Waals surface area contributed by atoms with E-state index >= 15 is 0 Å². The lowest BCUT2D eigenvalue weighted by atomic mass is 10.2. The largest absolute Gasteiger partial charge is 0.369 e. The molecule has 0 aliphatic heterocycles. The fraction of sp³-hybridized carbons (Fsp3) is 0.312. The minimum absolute atomic E-state index is 0.533. The molecule has 2 rings (SSSR count). The minimum atomic E-state index is 0.533. The highest BCUT2D eigenvalue weighted by Gasteiger charge is 2.14. The number of halogens is 2. The lowest BCUT2D eigenvalue weighted by Crippen LogP contribution is -2.13. The van der Waals surface area contributed by atoms with E-state index in [0.29, 0.717) is 21.7 Å². The van der Waals surface area contributed by atoms with Crippen molar-refractivity contribution >= 4 is 40.5 Å². The molecule has 21 heavy (non-hydrogen) atoms. The number of aryl methyl sites for hydroxylation is 1. The molecule has 2 aromatic rings. The molecule has 1 heterocycles. The Morgan fingerprint density at radius 1 is 1.19 bits per heavy atom. The van der Waals surface area contributed by atoms with Crippen LogP contribution in [-0.4, -0.2) is 18.6 Å². The van der Waals surface area contributed by atoms with Gasteiger partial charge in [0.05, 0.1) is 10.0 Å². The fourth-order valence-corrected chi connectivity index (χ4v) is 2.57. The zero-order chi connectivity index (χ0) is 15.4. The summed E-state index contributed by atoms with van der Waals surface area (Å²) in [7, 11) is 1.94. The van der Waals surface area contributed by atoms with E-state index in [2.05, 4.69) is 36.3 Å². The number of hydrogen-bond acceptors (Lipinski definition) is 3. The lowest BCUT2D eigenvalue weighted by Gasteiger charge is -2.21. The summed E-state index contributed by atoms with van der Waals surface area (Å²) < 4.78 is 0. The summed E-state index contributed by atoms with van der Waals surface area (Å²) in [5.41, 5.74) is 2.22. The highest BCUT2D eigenvalue weighted by Crippen LogP contribution is 2.34. The van der Waals surface area contributed by atoms with Gasteiger partial charge in [0, 0.05) is 19.3 Å². The summed E-state index contributed by atoms with van der Waals surface area (Å²) in [6.45, 7) is 4.97. The van der Waals surface area contributed by atoms with Crippen molar-refractivity contribution in [3.05, 3.63) is 45.9 Å². The van der Waals surface area contributed by atoms with E-state index in [1.807, 2.05) is 24.1 Å². The Labute approximate surface area is 135 Å². The van der Waals surface area contributed by atoms with Crippen molar-refractivity contribution in [3.8, 4) is 0 Å². The average molecular weight is 324 g/mol. The second-order valence-corrected chi connectivity index (χ2v) is 5.76. The predicted molar refractivity (Wildman–Crippen MR) is 92.3 cm³/mol. The van der Waals surface area contributed by atoms with Crippen molar-refractivity contribution in [2.24, 2.45) is 0 Å². The van der Waals surface area contributed by atoms with Crippen LogP contribution in [0, 0.1) is 6.92 Å². The normalized spacial score (nSPS) is 10.5. The van der Waals surface area contributed by atoms with Crippen LogP contribution in [0.15, 0.2) is 30.3 Å². The van der Waals surface area contributed by atoms with Crippen molar-refractivity contribution in [1.29, 1.82) is 0 Å². The highest BCUT2D eigenvalue weighted by molar-refractivity contribution is 6.37. The van der Waals surface area contributed by atoms with E-state index in [1.54, 1.807) is 6.07 Å². The third-order valence-electron chi connectivity index (χ3n) is 3.16. The molecule has 0 aliphatic carbocycles. The standard InChI is InChI=1S/C16H19Cl2N3/c1-4-8-19-15-13(17)10-14(18)16(20-15)21(3)12-7-5-6-11(2)9-12/h5-7,9-10H,4,8H2,1-3H3,(H,19,20). The number of benzene rings is 1. The van der Waals surface area contributed by atoms with Gasteiger partial charge in [-0.2, -0.15) is 0 Å². The Kier molecular flexibility index (Phi) is 5.32. The molecule has 0 unspecified atom stereocenters. The van der Waals surface area contributed by atoms with Crippen molar-refractivity contribution in [3.63, 3.8) is 0 Å². The number of aromatic nitrogens is 1. The first-order chi connectivity index (χ1) is 10.0. The van der Waals surface area contributed by atoms with Gasteiger partial charge in [-0.1, -0.05) is 42.3 Å². The molecule has 1 aromatic carbocycles. The maximum absolute atomic E-state index is 6.30. The Hall–Kier alpha value is -1.45. The van der Waals surface area contributed by atoms with E-state index in [9.17, 15) is 0 Å². The first-order valence-corrected chi connectivity index (χ1v) is 7.68. The molecule has 0 amide bonds. The summed E-state index contributed by atoms with van der Waals surface area (Å²) >= 11 is 12.5. The fourth-order valence-electron chi connectivity index (χ4n) is 2.02. The van der Waals surface area contributed by atoms with Crippen molar-refractivity contribution < 1.29 is 0 Å². The molecule has 3 nitrogen and oxygen atoms in total. The lowest BCUT2D eigenvalue weighted by molar-refractivity contribution is 0.967. The zero-order valence-corrected chi connectivity index (χ0v) is 14.0. The Morgan fingerprint density at radius 3 is 2.62 bits per heavy atom. The first kappa shape index (κ1) is 15.9. The number of hydrogen-bond donors (Lipinski definition) is 1. The maximum atomic E-state index is 6.30. The second kappa shape index (κ2) is 7.01. The molecular weight excluding hydrogens is 305 g/mol. The molecule has 1 N–H and O–H groups in total. The van der Waals surface area contributed by atoms with Crippen LogP contribution < -0.4 is 10.2 Å². The molecule has 0 fully saturated rings. The van der Waals surface area contributed by atoms with E-state index in [-0.39, 0.29) is 0 Å². The Balaban J connectivity index is 2.38. The van der Waals surface area contributed by atoms with Crippen LogP contribution in [0.25, 0.3) is 0 Å². The van der Waals surface area contributed by atoms with Gasteiger partial charge in [-0.15, -0.1) is 0 Å². The van der Waals surface area contributed by atoms with Gasteiger partial charge in [0.15, 0.2) is 5.82 Å². The van der Waals surface area contributed by atoms with Crippen LogP contribution >= 0.6 is 23.2 Å². The van der Waals surface area contributed by atoms with Gasteiger partial charge in [0.1, 0.15) is 5.82 Å². The van der Waals surface area contributed by atoms with E-state index in [4.69, 9.17) is 23.2 Å². The molecule has 0 saturated heterocycles. The third-order valence-corrected chi connectivity index (χ3v) is 3.73. The number of rotatable bonds is 5. The number of anilines is 3. The van der Waals surface area contributed by atoms with Crippen LogP contribution in [0.5, 0.6) is 0 Å². The number of nitrogens with one attached hydrogen (secondary N) is 1.